The first kappa shape index (κ1) is 14.7. The van der Waals surface area contributed by atoms with E-state index in [2.05, 4.69) is 30.2 Å². The van der Waals surface area contributed by atoms with Gasteiger partial charge in [0, 0.05) is 18.8 Å². The number of anilines is 3. The Morgan fingerprint density at radius 2 is 2.00 bits per heavy atom. The minimum atomic E-state index is -0.318. The fraction of sp³-hybridized carbons (Fsp3) is 0.250. The van der Waals surface area contributed by atoms with E-state index in [1.807, 2.05) is 0 Å². The van der Waals surface area contributed by atoms with Crippen molar-refractivity contribution in [1.29, 1.82) is 0 Å². The number of hydrogen-bond donors (Lipinski definition) is 1. The Kier molecular flexibility index (Phi) is 3.87. The van der Waals surface area contributed by atoms with Crippen LogP contribution in [-0.4, -0.2) is 46.2 Å². The Labute approximate surface area is 137 Å². The van der Waals surface area contributed by atoms with Gasteiger partial charge in [0.25, 0.3) is 0 Å². The van der Waals surface area contributed by atoms with Gasteiger partial charge in [-0.25, -0.2) is 24.3 Å². The van der Waals surface area contributed by atoms with Gasteiger partial charge in [0.15, 0.2) is 5.82 Å². The SMILES string of the molecule is Fc1cccc(Nc2ncnc3cnc(N4CCOCC4)nc23)c1. The van der Waals surface area contributed by atoms with Crippen LogP contribution in [0.1, 0.15) is 0 Å². The maximum absolute atomic E-state index is 13.4. The third-order valence-corrected chi connectivity index (χ3v) is 3.75. The molecular formula is C16H15FN6O. The summed E-state index contributed by atoms with van der Waals surface area (Å²) in [6.45, 7) is 2.79. The third-order valence-electron chi connectivity index (χ3n) is 3.75. The van der Waals surface area contributed by atoms with Crippen LogP contribution in [0.2, 0.25) is 0 Å². The summed E-state index contributed by atoms with van der Waals surface area (Å²) >= 11 is 0. The van der Waals surface area contributed by atoms with Crippen LogP contribution < -0.4 is 10.2 Å². The zero-order valence-corrected chi connectivity index (χ0v) is 12.8. The molecule has 0 unspecified atom stereocenters. The Hall–Kier alpha value is -2.87. The minimum Gasteiger partial charge on any atom is -0.378 e. The maximum atomic E-state index is 13.4. The van der Waals surface area contributed by atoms with Gasteiger partial charge in [0.1, 0.15) is 23.2 Å². The molecule has 1 aliphatic rings. The van der Waals surface area contributed by atoms with Crippen LogP contribution >= 0.6 is 0 Å². The molecule has 122 valence electrons. The molecule has 0 saturated carbocycles. The molecule has 0 aliphatic carbocycles. The normalized spacial score (nSPS) is 14.8. The first-order valence-electron chi connectivity index (χ1n) is 7.63. The van der Waals surface area contributed by atoms with Gasteiger partial charge in [-0.3, -0.25) is 0 Å². The first-order valence-corrected chi connectivity index (χ1v) is 7.63. The van der Waals surface area contributed by atoms with Crippen molar-refractivity contribution in [3.05, 3.63) is 42.6 Å². The summed E-state index contributed by atoms with van der Waals surface area (Å²) in [6, 6.07) is 6.19. The number of halogens is 1. The second-order valence-electron chi connectivity index (χ2n) is 5.36. The smallest absolute Gasteiger partial charge is 0.226 e. The first-order chi connectivity index (χ1) is 11.8. The van der Waals surface area contributed by atoms with E-state index < -0.39 is 0 Å². The van der Waals surface area contributed by atoms with Gasteiger partial charge in [0.05, 0.1) is 19.4 Å². The Morgan fingerprint density at radius 3 is 2.83 bits per heavy atom. The summed E-state index contributed by atoms with van der Waals surface area (Å²) in [5, 5.41) is 3.09. The molecule has 4 rings (SSSR count). The summed E-state index contributed by atoms with van der Waals surface area (Å²) in [5.74, 6) is 0.812. The number of rotatable bonds is 3. The van der Waals surface area contributed by atoms with E-state index in [-0.39, 0.29) is 5.82 Å². The number of ether oxygens (including phenoxy) is 1. The summed E-state index contributed by atoms with van der Waals surface area (Å²) < 4.78 is 18.7. The number of hydrogen-bond acceptors (Lipinski definition) is 7. The monoisotopic (exact) mass is 326 g/mol. The van der Waals surface area contributed by atoms with E-state index in [0.29, 0.717) is 41.7 Å². The second kappa shape index (κ2) is 6.32. The van der Waals surface area contributed by atoms with Crippen molar-refractivity contribution < 1.29 is 9.13 Å². The Morgan fingerprint density at radius 1 is 1.12 bits per heavy atom. The third kappa shape index (κ3) is 2.95. The van der Waals surface area contributed by atoms with Crippen molar-refractivity contribution in [2.75, 3.05) is 36.5 Å². The number of aromatic nitrogens is 4. The topological polar surface area (TPSA) is 76.1 Å². The number of morpholine rings is 1. The van der Waals surface area contributed by atoms with Gasteiger partial charge in [-0.1, -0.05) is 6.07 Å². The van der Waals surface area contributed by atoms with E-state index in [1.54, 1.807) is 18.3 Å². The maximum Gasteiger partial charge on any atom is 0.226 e. The standard InChI is InChI=1S/C16H15FN6O/c17-11-2-1-3-12(8-11)21-15-14-13(19-10-20-15)9-18-16(22-14)23-4-6-24-7-5-23/h1-3,8-10H,4-7H2,(H,19,20,21). The molecule has 1 saturated heterocycles. The quantitative estimate of drug-likeness (QED) is 0.790. The van der Waals surface area contributed by atoms with Crippen LogP contribution in [0.25, 0.3) is 11.0 Å². The molecule has 2 aromatic heterocycles. The minimum absolute atomic E-state index is 0.318. The van der Waals surface area contributed by atoms with E-state index >= 15 is 0 Å². The average molecular weight is 326 g/mol. The van der Waals surface area contributed by atoms with Crippen LogP contribution in [0.5, 0.6) is 0 Å². The van der Waals surface area contributed by atoms with Gasteiger partial charge in [-0.2, -0.15) is 0 Å². The number of nitrogens with one attached hydrogen (secondary N) is 1. The predicted octanol–water partition coefficient (Wildman–Crippen LogP) is 2.14. The molecule has 8 heteroatoms. The summed E-state index contributed by atoms with van der Waals surface area (Å²) in [5.41, 5.74) is 1.82. The molecule has 1 aromatic carbocycles. The lowest BCUT2D eigenvalue weighted by Crippen LogP contribution is -2.37. The molecule has 0 amide bonds. The van der Waals surface area contributed by atoms with Crippen molar-refractivity contribution in [2.24, 2.45) is 0 Å². The molecule has 1 fully saturated rings. The molecule has 3 aromatic rings. The zero-order chi connectivity index (χ0) is 16.4. The second-order valence-corrected chi connectivity index (χ2v) is 5.36. The highest BCUT2D eigenvalue weighted by molar-refractivity contribution is 5.87. The van der Waals surface area contributed by atoms with E-state index in [4.69, 9.17) is 4.74 Å². The highest BCUT2D eigenvalue weighted by atomic mass is 19.1. The molecule has 0 atom stereocenters. The van der Waals surface area contributed by atoms with Crippen LogP contribution in [0.15, 0.2) is 36.8 Å². The lowest BCUT2D eigenvalue weighted by molar-refractivity contribution is 0.122. The molecule has 0 radical (unpaired) electrons. The van der Waals surface area contributed by atoms with Gasteiger partial charge in [-0.05, 0) is 18.2 Å². The van der Waals surface area contributed by atoms with Crippen molar-refractivity contribution >= 4 is 28.5 Å². The van der Waals surface area contributed by atoms with Crippen LogP contribution in [0.4, 0.5) is 21.8 Å². The van der Waals surface area contributed by atoms with E-state index in [1.165, 1.54) is 18.5 Å². The molecule has 1 aliphatic heterocycles. The van der Waals surface area contributed by atoms with Gasteiger partial charge >= 0.3 is 0 Å². The Balaban J connectivity index is 1.71. The molecular weight excluding hydrogens is 311 g/mol. The van der Waals surface area contributed by atoms with Crippen molar-refractivity contribution in [1.82, 2.24) is 19.9 Å². The van der Waals surface area contributed by atoms with E-state index in [9.17, 15) is 4.39 Å². The number of benzene rings is 1. The lowest BCUT2D eigenvalue weighted by atomic mass is 10.3. The van der Waals surface area contributed by atoms with Crippen LogP contribution in [0, 0.1) is 5.82 Å². The highest BCUT2D eigenvalue weighted by Crippen LogP contribution is 2.23. The van der Waals surface area contributed by atoms with Crippen molar-refractivity contribution in [2.45, 2.75) is 0 Å². The van der Waals surface area contributed by atoms with Crippen molar-refractivity contribution in [3.8, 4) is 0 Å². The number of fused-ring (bicyclic) bond motifs is 1. The summed E-state index contributed by atoms with van der Waals surface area (Å²) in [6.07, 6.45) is 3.10. The van der Waals surface area contributed by atoms with Crippen LogP contribution in [-0.2, 0) is 4.74 Å². The average Bonchev–Trinajstić information content (AvgIpc) is 2.62. The fourth-order valence-electron chi connectivity index (χ4n) is 2.55. The zero-order valence-electron chi connectivity index (χ0n) is 12.8. The summed E-state index contributed by atoms with van der Waals surface area (Å²) in [7, 11) is 0. The molecule has 0 spiro atoms. The summed E-state index contributed by atoms with van der Waals surface area (Å²) in [4.78, 5) is 19.5. The van der Waals surface area contributed by atoms with Crippen molar-refractivity contribution in [3.63, 3.8) is 0 Å². The van der Waals surface area contributed by atoms with Crippen LogP contribution in [0.3, 0.4) is 0 Å². The molecule has 1 N–H and O–H groups in total. The van der Waals surface area contributed by atoms with Gasteiger partial charge in [0.2, 0.25) is 5.95 Å². The predicted molar refractivity (Wildman–Crippen MR) is 87.8 cm³/mol. The fourth-order valence-corrected chi connectivity index (χ4v) is 2.55. The molecule has 3 heterocycles. The molecule has 24 heavy (non-hydrogen) atoms. The molecule has 0 bridgehead atoms. The van der Waals surface area contributed by atoms with Gasteiger partial charge < -0.3 is 15.0 Å². The van der Waals surface area contributed by atoms with Gasteiger partial charge in [-0.15, -0.1) is 0 Å². The Bertz CT molecular complexity index is 868. The van der Waals surface area contributed by atoms with E-state index in [0.717, 1.165) is 13.1 Å². The lowest BCUT2D eigenvalue weighted by Gasteiger charge is -2.26. The highest BCUT2D eigenvalue weighted by Gasteiger charge is 2.16. The largest absolute Gasteiger partial charge is 0.378 e. The number of nitrogens with zero attached hydrogens (tertiary/aromatic N) is 5. The molecule has 7 nitrogen and oxygen atoms in total.